The van der Waals surface area contributed by atoms with E-state index in [2.05, 4.69) is 26.8 Å². The fraction of sp³-hybridized carbons (Fsp3) is 0.185. The van der Waals surface area contributed by atoms with E-state index >= 15 is 0 Å². The minimum atomic E-state index is 0.0331. The predicted molar refractivity (Wildman–Crippen MR) is 135 cm³/mol. The molecule has 4 aromatic rings. The Kier molecular flexibility index (Phi) is 5.35. The van der Waals surface area contributed by atoms with E-state index in [4.69, 9.17) is 9.47 Å². The van der Waals surface area contributed by atoms with Crippen LogP contribution in [0.5, 0.6) is 6.01 Å². The molecule has 0 atom stereocenters. The minimum Gasteiger partial charge on any atom is -0.459 e. The number of carbonyl (C=O) groups excluding carboxylic acids is 1. The number of ether oxygens (including phenoxy) is 2. The number of morpholine rings is 1. The standard InChI is InChI=1S/C27H23N5O3/c1-2-14-35-27-30-25(29-26(31-27)32-12-15-34-16-13-32)28-22-11-10-18-17-6-3-4-7-19(17)24(33)21-9-5-8-20(22)23(18)21/h2-11H,1,12-16H2,(H,28,29,30,31). The number of rotatable bonds is 6. The number of hydrogen-bond donors (Lipinski definition) is 1. The molecule has 0 bridgehead atoms. The molecule has 8 heteroatoms. The maximum Gasteiger partial charge on any atom is 0.323 e. The average Bonchev–Trinajstić information content (AvgIpc) is 2.91. The maximum absolute atomic E-state index is 13.2. The fourth-order valence-electron chi connectivity index (χ4n) is 4.62. The van der Waals surface area contributed by atoms with Gasteiger partial charge in [-0.2, -0.15) is 15.0 Å². The third kappa shape index (κ3) is 3.77. The van der Waals surface area contributed by atoms with Gasteiger partial charge in [0.05, 0.1) is 13.2 Å². The van der Waals surface area contributed by atoms with E-state index in [0.29, 0.717) is 43.8 Å². The van der Waals surface area contributed by atoms with E-state index in [1.807, 2.05) is 59.5 Å². The van der Waals surface area contributed by atoms with Crippen molar-refractivity contribution >= 4 is 34.1 Å². The smallest absolute Gasteiger partial charge is 0.323 e. The summed E-state index contributed by atoms with van der Waals surface area (Å²) in [6, 6.07) is 17.8. The molecule has 1 aliphatic carbocycles. The molecule has 8 nitrogen and oxygen atoms in total. The summed E-state index contributed by atoms with van der Waals surface area (Å²) in [5, 5.41) is 5.19. The Morgan fingerprint density at radius 3 is 2.57 bits per heavy atom. The summed E-state index contributed by atoms with van der Waals surface area (Å²) in [7, 11) is 0. The first-order chi connectivity index (χ1) is 17.2. The SMILES string of the molecule is C=CCOc1nc(Nc2ccc3c4c(cccc24)C(=O)c2ccccc2-3)nc(N2CCOCC2)n1. The first-order valence-corrected chi connectivity index (χ1v) is 11.5. The number of hydrogen-bond acceptors (Lipinski definition) is 8. The molecule has 3 aromatic carbocycles. The van der Waals surface area contributed by atoms with Gasteiger partial charge < -0.3 is 19.7 Å². The summed E-state index contributed by atoms with van der Waals surface area (Å²) < 4.78 is 11.1. The maximum atomic E-state index is 13.2. The molecule has 0 unspecified atom stereocenters. The van der Waals surface area contributed by atoms with Crippen LogP contribution in [0.2, 0.25) is 0 Å². The van der Waals surface area contributed by atoms with Crippen LogP contribution in [0.3, 0.4) is 0 Å². The minimum absolute atomic E-state index is 0.0331. The second-order valence-corrected chi connectivity index (χ2v) is 8.33. The van der Waals surface area contributed by atoms with E-state index < -0.39 is 0 Å². The Balaban J connectivity index is 1.44. The van der Waals surface area contributed by atoms with Crippen molar-refractivity contribution in [3.05, 3.63) is 78.4 Å². The fourth-order valence-corrected chi connectivity index (χ4v) is 4.62. The largest absolute Gasteiger partial charge is 0.459 e. The normalized spacial score (nSPS) is 14.5. The Morgan fingerprint density at radius 2 is 1.74 bits per heavy atom. The topological polar surface area (TPSA) is 89.5 Å². The van der Waals surface area contributed by atoms with Gasteiger partial charge in [0.15, 0.2) is 5.78 Å². The summed E-state index contributed by atoms with van der Waals surface area (Å²) in [5.74, 6) is 0.922. The number of benzene rings is 3. The molecule has 6 rings (SSSR count). The van der Waals surface area contributed by atoms with E-state index in [9.17, 15) is 4.79 Å². The number of nitrogens with zero attached hydrogens (tertiary/aromatic N) is 4. The summed E-state index contributed by atoms with van der Waals surface area (Å²) in [6.07, 6.45) is 1.65. The van der Waals surface area contributed by atoms with Crippen LogP contribution in [0, 0.1) is 0 Å². The molecule has 2 aliphatic rings. The van der Waals surface area contributed by atoms with Crippen LogP contribution in [0.25, 0.3) is 21.9 Å². The number of aromatic nitrogens is 3. The molecule has 0 saturated carbocycles. The molecule has 1 N–H and O–H groups in total. The molecule has 1 fully saturated rings. The number of carbonyl (C=O) groups is 1. The van der Waals surface area contributed by atoms with Crippen molar-refractivity contribution in [3.63, 3.8) is 0 Å². The Hall–Kier alpha value is -4.30. The zero-order valence-electron chi connectivity index (χ0n) is 19.0. The highest BCUT2D eigenvalue weighted by Gasteiger charge is 2.26. The highest BCUT2D eigenvalue weighted by Crippen LogP contribution is 2.42. The molecule has 0 amide bonds. The molecular formula is C27H23N5O3. The van der Waals surface area contributed by atoms with Gasteiger partial charge in [0.1, 0.15) is 6.61 Å². The lowest BCUT2D eigenvalue weighted by Crippen LogP contribution is -2.37. The number of ketones is 1. The summed E-state index contributed by atoms with van der Waals surface area (Å²) >= 11 is 0. The van der Waals surface area contributed by atoms with Crippen molar-refractivity contribution in [1.82, 2.24) is 15.0 Å². The molecule has 35 heavy (non-hydrogen) atoms. The summed E-state index contributed by atoms with van der Waals surface area (Å²) in [6.45, 7) is 6.58. The van der Waals surface area contributed by atoms with E-state index in [1.165, 1.54) is 0 Å². The van der Waals surface area contributed by atoms with Crippen molar-refractivity contribution in [2.24, 2.45) is 0 Å². The van der Waals surface area contributed by atoms with Crippen molar-refractivity contribution in [2.75, 3.05) is 43.1 Å². The summed E-state index contributed by atoms with van der Waals surface area (Å²) in [4.78, 5) is 28.9. The quantitative estimate of drug-likeness (QED) is 0.370. The number of anilines is 3. The third-order valence-corrected chi connectivity index (χ3v) is 6.22. The van der Waals surface area contributed by atoms with Crippen molar-refractivity contribution in [2.45, 2.75) is 0 Å². The van der Waals surface area contributed by atoms with Gasteiger partial charge in [0, 0.05) is 40.7 Å². The van der Waals surface area contributed by atoms with Gasteiger partial charge in [-0.05, 0) is 17.2 Å². The van der Waals surface area contributed by atoms with Gasteiger partial charge in [-0.1, -0.05) is 61.2 Å². The van der Waals surface area contributed by atoms with Gasteiger partial charge >= 0.3 is 6.01 Å². The van der Waals surface area contributed by atoms with Gasteiger partial charge in [0.2, 0.25) is 11.9 Å². The third-order valence-electron chi connectivity index (χ3n) is 6.22. The molecule has 1 aromatic heterocycles. The lowest BCUT2D eigenvalue weighted by Gasteiger charge is -2.27. The summed E-state index contributed by atoms with van der Waals surface area (Å²) in [5.41, 5.74) is 4.20. The van der Waals surface area contributed by atoms with Crippen LogP contribution < -0.4 is 15.0 Å². The van der Waals surface area contributed by atoms with Crippen LogP contribution in [0.1, 0.15) is 15.9 Å². The zero-order chi connectivity index (χ0) is 23.8. The van der Waals surface area contributed by atoms with Gasteiger partial charge in [-0.25, -0.2) is 0 Å². The number of nitrogens with one attached hydrogen (secondary N) is 1. The lowest BCUT2D eigenvalue weighted by atomic mass is 9.82. The Labute approximate surface area is 202 Å². The van der Waals surface area contributed by atoms with Gasteiger partial charge in [0.25, 0.3) is 0 Å². The second-order valence-electron chi connectivity index (χ2n) is 8.33. The van der Waals surface area contributed by atoms with Crippen LogP contribution in [-0.4, -0.2) is 53.6 Å². The van der Waals surface area contributed by atoms with E-state index in [1.54, 1.807) is 6.08 Å². The first-order valence-electron chi connectivity index (χ1n) is 11.5. The highest BCUT2D eigenvalue weighted by atomic mass is 16.5. The van der Waals surface area contributed by atoms with Crippen LogP contribution in [0.15, 0.2) is 67.3 Å². The Bertz CT molecular complexity index is 1460. The van der Waals surface area contributed by atoms with Gasteiger partial charge in [-0.15, -0.1) is 0 Å². The van der Waals surface area contributed by atoms with Crippen LogP contribution >= 0.6 is 0 Å². The monoisotopic (exact) mass is 465 g/mol. The van der Waals surface area contributed by atoms with Crippen LogP contribution in [0.4, 0.5) is 17.6 Å². The molecule has 0 spiro atoms. The van der Waals surface area contributed by atoms with E-state index in [0.717, 1.165) is 33.2 Å². The highest BCUT2D eigenvalue weighted by molar-refractivity contribution is 6.27. The molecule has 2 heterocycles. The Morgan fingerprint density at radius 1 is 0.943 bits per heavy atom. The number of fused-ring (bicyclic) bond motifs is 2. The molecule has 174 valence electrons. The zero-order valence-corrected chi connectivity index (χ0v) is 19.0. The van der Waals surface area contributed by atoms with Crippen molar-refractivity contribution in [1.29, 1.82) is 0 Å². The molecule has 1 saturated heterocycles. The second kappa shape index (κ2) is 8.81. The predicted octanol–water partition coefficient (Wildman–Crippen LogP) is 4.38. The van der Waals surface area contributed by atoms with E-state index in [-0.39, 0.29) is 18.4 Å². The van der Waals surface area contributed by atoms with Crippen LogP contribution in [-0.2, 0) is 4.74 Å². The lowest BCUT2D eigenvalue weighted by molar-refractivity contribution is 0.104. The first kappa shape index (κ1) is 21.2. The molecule has 1 aliphatic heterocycles. The molecule has 0 radical (unpaired) electrons. The van der Waals surface area contributed by atoms with Gasteiger partial charge in [-0.3, -0.25) is 4.79 Å². The molecular weight excluding hydrogens is 442 g/mol. The average molecular weight is 466 g/mol. The van der Waals surface area contributed by atoms with Crippen molar-refractivity contribution < 1.29 is 14.3 Å². The van der Waals surface area contributed by atoms with Crippen molar-refractivity contribution in [3.8, 4) is 17.1 Å².